The Labute approximate surface area is 135 Å². The molecule has 0 spiro atoms. The van der Waals surface area contributed by atoms with Gasteiger partial charge in [0.2, 0.25) is 0 Å². The summed E-state index contributed by atoms with van der Waals surface area (Å²) in [5, 5.41) is 8.18. The van der Waals surface area contributed by atoms with Gasteiger partial charge in [0.05, 0.1) is 11.4 Å². The number of hydrogen-bond donors (Lipinski definition) is 3. The summed E-state index contributed by atoms with van der Waals surface area (Å²) in [6.45, 7) is 0. The minimum Gasteiger partial charge on any atom is -0.399 e. The zero-order valence-corrected chi connectivity index (χ0v) is 12.6. The highest BCUT2D eigenvalue weighted by Gasteiger charge is 1.89. The molecule has 0 fully saturated rings. The molecule has 0 aliphatic rings. The smallest absolute Gasteiger partial charge is 0.0858 e. The maximum Gasteiger partial charge on any atom is 0.0858 e. The van der Waals surface area contributed by atoms with Crippen LogP contribution < -0.4 is 17.2 Å². The zero-order valence-electron chi connectivity index (χ0n) is 12.6. The lowest BCUT2D eigenvalue weighted by Gasteiger charge is -1.93. The summed E-state index contributed by atoms with van der Waals surface area (Å²) in [5.41, 5.74) is 20.2. The van der Waals surface area contributed by atoms with Gasteiger partial charge in [0, 0.05) is 17.1 Å². The fourth-order valence-corrected chi connectivity index (χ4v) is 1.65. The Morgan fingerprint density at radius 1 is 0.435 bits per heavy atom. The maximum atomic E-state index is 5.56. The van der Waals surface area contributed by atoms with E-state index < -0.39 is 0 Å². The second-order valence-corrected chi connectivity index (χ2v) is 4.79. The van der Waals surface area contributed by atoms with E-state index in [4.69, 9.17) is 17.2 Å². The average Bonchev–Trinajstić information content (AvgIpc) is 2.59. The summed E-state index contributed by atoms with van der Waals surface area (Å²) in [6.07, 6.45) is 0. The molecule has 3 rings (SSSR count). The fraction of sp³-hybridized carbons (Fsp3) is 0. The first-order valence-corrected chi connectivity index (χ1v) is 7.07. The van der Waals surface area contributed by atoms with E-state index in [-0.39, 0.29) is 0 Å². The molecule has 0 aliphatic heterocycles. The third-order valence-corrected chi connectivity index (χ3v) is 2.87. The predicted molar refractivity (Wildman–Crippen MR) is 96.7 cm³/mol. The third-order valence-electron chi connectivity index (χ3n) is 2.87. The van der Waals surface area contributed by atoms with Crippen molar-refractivity contribution in [3.8, 4) is 0 Å². The Morgan fingerprint density at radius 3 is 1.22 bits per heavy atom. The number of nitrogens with two attached hydrogens (primary N) is 3. The van der Waals surface area contributed by atoms with Crippen molar-refractivity contribution in [1.82, 2.24) is 0 Å². The number of hydrogen-bond acceptors (Lipinski definition) is 5. The van der Waals surface area contributed by atoms with Gasteiger partial charge in [-0.1, -0.05) is 18.2 Å². The molecule has 5 nitrogen and oxygen atoms in total. The molecule has 0 atom stereocenters. The van der Waals surface area contributed by atoms with Crippen molar-refractivity contribution in [2.45, 2.75) is 0 Å². The molecule has 0 unspecified atom stereocenters. The van der Waals surface area contributed by atoms with Crippen molar-refractivity contribution in [3.63, 3.8) is 0 Å². The molecule has 3 aromatic carbocycles. The predicted octanol–water partition coefficient (Wildman–Crippen LogP) is 4.54. The van der Waals surface area contributed by atoms with Gasteiger partial charge in [-0.2, -0.15) is 10.2 Å². The fourth-order valence-electron chi connectivity index (χ4n) is 1.65. The van der Waals surface area contributed by atoms with Gasteiger partial charge in [-0.05, 0) is 60.7 Å². The van der Waals surface area contributed by atoms with Crippen LogP contribution in [-0.2, 0) is 0 Å². The van der Waals surface area contributed by atoms with Crippen molar-refractivity contribution >= 4 is 28.4 Å². The number of anilines is 3. The molecular weight excluding hydrogens is 286 g/mol. The second-order valence-electron chi connectivity index (χ2n) is 4.79. The molecule has 0 saturated carbocycles. The molecule has 0 saturated heterocycles. The lowest BCUT2D eigenvalue weighted by molar-refractivity contribution is 1.23. The normalized spacial score (nSPS) is 10.1. The molecule has 0 aliphatic carbocycles. The van der Waals surface area contributed by atoms with Gasteiger partial charge in [0.15, 0.2) is 0 Å². The first-order valence-electron chi connectivity index (χ1n) is 7.07. The van der Waals surface area contributed by atoms with E-state index in [9.17, 15) is 0 Å². The average molecular weight is 305 g/mol. The van der Waals surface area contributed by atoms with E-state index in [0.29, 0.717) is 0 Å². The largest absolute Gasteiger partial charge is 0.399 e. The van der Waals surface area contributed by atoms with E-state index in [2.05, 4.69) is 10.2 Å². The number of nitrogens with zero attached hydrogens (tertiary/aromatic N) is 2. The van der Waals surface area contributed by atoms with Crippen molar-refractivity contribution in [2.75, 3.05) is 17.2 Å². The molecule has 23 heavy (non-hydrogen) atoms. The molecule has 0 heterocycles. The van der Waals surface area contributed by atoms with Crippen LogP contribution in [0, 0.1) is 0 Å². The first kappa shape index (κ1) is 16.0. The highest BCUT2D eigenvalue weighted by atomic mass is 15.1. The van der Waals surface area contributed by atoms with Gasteiger partial charge in [0.25, 0.3) is 0 Å². The van der Waals surface area contributed by atoms with Gasteiger partial charge in [-0.25, -0.2) is 0 Å². The summed E-state index contributed by atoms with van der Waals surface area (Å²) in [7, 11) is 0. The minimum absolute atomic E-state index is 0.730. The molecule has 5 heteroatoms. The van der Waals surface area contributed by atoms with E-state index >= 15 is 0 Å². The molecule has 0 amide bonds. The molecule has 116 valence electrons. The molecule has 0 bridgehead atoms. The molecule has 6 N–H and O–H groups in total. The molecule has 0 aromatic heterocycles. The van der Waals surface area contributed by atoms with E-state index in [1.807, 2.05) is 42.5 Å². The number of rotatable bonds is 2. The maximum absolute atomic E-state index is 5.56. The Bertz CT molecular complexity index is 714. The molecule has 0 radical (unpaired) electrons. The van der Waals surface area contributed by atoms with E-state index in [0.717, 1.165) is 28.4 Å². The summed E-state index contributed by atoms with van der Waals surface area (Å²) >= 11 is 0. The Morgan fingerprint density at radius 2 is 0.783 bits per heavy atom. The highest BCUT2D eigenvalue weighted by Crippen LogP contribution is 2.18. The molecule has 3 aromatic rings. The van der Waals surface area contributed by atoms with E-state index in [1.54, 1.807) is 36.4 Å². The van der Waals surface area contributed by atoms with Crippen LogP contribution in [0.25, 0.3) is 0 Å². The van der Waals surface area contributed by atoms with Crippen LogP contribution in [0.4, 0.5) is 28.4 Å². The number of benzene rings is 3. The number of azo groups is 1. The van der Waals surface area contributed by atoms with Gasteiger partial charge >= 0.3 is 0 Å². The topological polar surface area (TPSA) is 103 Å². The molecular formula is C18H19N5. The van der Waals surface area contributed by atoms with Crippen molar-refractivity contribution in [3.05, 3.63) is 78.9 Å². The summed E-state index contributed by atoms with van der Waals surface area (Å²) in [4.78, 5) is 0. The van der Waals surface area contributed by atoms with Crippen LogP contribution in [0.1, 0.15) is 0 Å². The van der Waals surface area contributed by atoms with Crippen molar-refractivity contribution in [1.29, 1.82) is 0 Å². The second kappa shape index (κ2) is 8.19. The number of nitrogen functional groups attached to an aromatic ring is 3. The van der Waals surface area contributed by atoms with Crippen LogP contribution in [0.5, 0.6) is 0 Å². The Kier molecular flexibility index (Phi) is 5.71. The van der Waals surface area contributed by atoms with Gasteiger partial charge < -0.3 is 17.2 Å². The monoisotopic (exact) mass is 305 g/mol. The van der Waals surface area contributed by atoms with Crippen molar-refractivity contribution in [2.24, 2.45) is 10.2 Å². The summed E-state index contributed by atoms with van der Waals surface area (Å²) in [5.74, 6) is 0. The standard InChI is InChI=1S/C12H11N3.C6H8N2/c13-10-6-8-12(9-7-10)15-14-11-4-2-1-3-5-11;7-5-1-2-6(8)4-3-5/h1-9H,13H2;1-4H,7-8H2/b15-14+;. The quantitative estimate of drug-likeness (QED) is 0.478. The van der Waals surface area contributed by atoms with Crippen LogP contribution in [-0.4, -0.2) is 0 Å². The van der Waals surface area contributed by atoms with Crippen LogP contribution in [0.3, 0.4) is 0 Å². The van der Waals surface area contributed by atoms with Crippen LogP contribution >= 0.6 is 0 Å². The lowest BCUT2D eigenvalue weighted by atomic mass is 10.3. The van der Waals surface area contributed by atoms with Crippen molar-refractivity contribution < 1.29 is 0 Å². The summed E-state index contributed by atoms with van der Waals surface area (Å²) < 4.78 is 0. The first-order chi connectivity index (χ1) is 11.1. The summed E-state index contributed by atoms with van der Waals surface area (Å²) in [6, 6.07) is 24.0. The van der Waals surface area contributed by atoms with Gasteiger partial charge in [-0.3, -0.25) is 0 Å². The van der Waals surface area contributed by atoms with Gasteiger partial charge in [-0.15, -0.1) is 0 Å². The third kappa shape index (κ3) is 5.89. The highest BCUT2D eigenvalue weighted by molar-refractivity contribution is 5.48. The van der Waals surface area contributed by atoms with E-state index in [1.165, 1.54) is 0 Å². The lowest BCUT2D eigenvalue weighted by Crippen LogP contribution is -1.86. The SMILES string of the molecule is Nc1ccc(/N=N/c2ccccc2)cc1.Nc1ccc(N)cc1. The Balaban J connectivity index is 0.000000203. The Hall–Kier alpha value is -3.34. The minimum atomic E-state index is 0.730. The van der Waals surface area contributed by atoms with Crippen LogP contribution in [0.2, 0.25) is 0 Å². The zero-order chi connectivity index (χ0) is 16.5. The van der Waals surface area contributed by atoms with Crippen LogP contribution in [0.15, 0.2) is 89.1 Å². The van der Waals surface area contributed by atoms with Gasteiger partial charge in [0.1, 0.15) is 0 Å².